The molecule has 1 atom stereocenters. The Bertz CT molecular complexity index is 699. The highest BCUT2D eigenvalue weighted by Gasteiger charge is 2.05. The first-order valence-electron chi connectivity index (χ1n) is 5.83. The number of aromatic nitrogens is 2. The van der Waals surface area contributed by atoms with Gasteiger partial charge in [-0.25, -0.2) is 14.3 Å². The number of anilines is 3. The van der Waals surface area contributed by atoms with Crippen LogP contribution in [0.2, 0.25) is 0 Å². The van der Waals surface area contributed by atoms with Crippen LogP contribution in [0.5, 0.6) is 0 Å². The highest BCUT2D eigenvalue weighted by Crippen LogP contribution is 2.22. The second-order valence-electron chi connectivity index (χ2n) is 3.89. The van der Waals surface area contributed by atoms with Crippen molar-refractivity contribution < 1.29 is 4.21 Å². The van der Waals surface area contributed by atoms with Gasteiger partial charge in [0.05, 0.1) is 15.9 Å². The van der Waals surface area contributed by atoms with E-state index in [1.165, 1.54) is 0 Å². The number of hydrogen-bond donors (Lipinski definition) is 3. The van der Waals surface area contributed by atoms with Crippen LogP contribution in [0.25, 0.3) is 0 Å². The van der Waals surface area contributed by atoms with Crippen LogP contribution in [-0.2, 0) is 11.0 Å². The second kappa shape index (κ2) is 7.17. The Kier molecular flexibility index (Phi) is 5.27. The number of benzene rings is 1. The normalized spacial score (nSPS) is 11.5. The van der Waals surface area contributed by atoms with Gasteiger partial charge >= 0.3 is 0 Å². The molecule has 2 rings (SSSR count). The average Bonchev–Trinajstić information content (AvgIpc) is 2.48. The van der Waals surface area contributed by atoms with Crippen LogP contribution in [0.15, 0.2) is 39.8 Å². The van der Waals surface area contributed by atoms with E-state index in [9.17, 15) is 4.21 Å². The lowest BCUT2D eigenvalue weighted by molar-refractivity contribution is 0.684. The summed E-state index contributed by atoms with van der Waals surface area (Å²) in [5.41, 5.74) is 0.759. The molecule has 4 N–H and O–H groups in total. The number of hydrogen-bond acceptors (Lipinski definition) is 5. The molecule has 0 radical (unpaired) electrons. The molecule has 1 aromatic carbocycles. The van der Waals surface area contributed by atoms with Gasteiger partial charge in [0.2, 0.25) is 5.95 Å². The molecule has 0 fully saturated rings. The highest BCUT2D eigenvalue weighted by atomic mass is 79.9. The van der Waals surface area contributed by atoms with Crippen molar-refractivity contribution in [3.8, 4) is 12.3 Å². The van der Waals surface area contributed by atoms with E-state index < -0.39 is 11.0 Å². The van der Waals surface area contributed by atoms with Crippen molar-refractivity contribution in [1.29, 1.82) is 0 Å². The fraction of sp³-hybridized carbons (Fsp3) is 0.0769. The molecule has 0 amide bonds. The van der Waals surface area contributed by atoms with E-state index in [4.69, 9.17) is 11.6 Å². The Labute approximate surface area is 133 Å². The minimum Gasteiger partial charge on any atom is -0.358 e. The van der Waals surface area contributed by atoms with Gasteiger partial charge in [0, 0.05) is 11.9 Å². The number of halogens is 1. The maximum absolute atomic E-state index is 11.1. The van der Waals surface area contributed by atoms with E-state index in [1.807, 2.05) is 0 Å². The fourth-order valence-electron chi connectivity index (χ4n) is 1.49. The summed E-state index contributed by atoms with van der Waals surface area (Å²) in [6.07, 6.45) is 6.83. The summed E-state index contributed by atoms with van der Waals surface area (Å²) < 4.78 is 11.8. The smallest absolute Gasteiger partial charge is 0.229 e. The number of nitrogens with one attached hydrogen (secondary N) is 2. The summed E-state index contributed by atoms with van der Waals surface area (Å²) >= 11 is 3.34. The van der Waals surface area contributed by atoms with E-state index in [1.54, 1.807) is 30.5 Å². The maximum Gasteiger partial charge on any atom is 0.229 e. The number of terminal acetylenes is 1. The molecule has 0 bridgehead atoms. The molecule has 8 heteroatoms. The van der Waals surface area contributed by atoms with Gasteiger partial charge in [0.15, 0.2) is 0 Å². The van der Waals surface area contributed by atoms with Gasteiger partial charge in [0.25, 0.3) is 0 Å². The average molecular weight is 366 g/mol. The molecule has 0 saturated heterocycles. The van der Waals surface area contributed by atoms with Crippen molar-refractivity contribution >= 4 is 44.4 Å². The van der Waals surface area contributed by atoms with E-state index in [0.717, 1.165) is 10.2 Å². The van der Waals surface area contributed by atoms with Crippen LogP contribution in [0.3, 0.4) is 0 Å². The fourth-order valence-corrected chi connectivity index (χ4v) is 2.22. The van der Waals surface area contributed by atoms with Crippen molar-refractivity contribution in [3.05, 3.63) is 34.9 Å². The molecule has 0 aliphatic rings. The Balaban J connectivity index is 2.15. The Morgan fingerprint density at radius 3 is 2.71 bits per heavy atom. The van der Waals surface area contributed by atoms with Gasteiger partial charge in [-0.15, -0.1) is 6.42 Å². The quantitative estimate of drug-likeness (QED) is 0.704. The summed E-state index contributed by atoms with van der Waals surface area (Å²) in [5.74, 6) is 3.49. The molecule has 0 aliphatic heterocycles. The Morgan fingerprint density at radius 1 is 1.38 bits per heavy atom. The molecule has 2 aromatic rings. The molecular weight excluding hydrogens is 354 g/mol. The zero-order chi connectivity index (χ0) is 15.2. The van der Waals surface area contributed by atoms with Crippen LogP contribution in [0, 0.1) is 12.3 Å². The summed E-state index contributed by atoms with van der Waals surface area (Å²) in [5, 5.41) is 11.3. The zero-order valence-electron chi connectivity index (χ0n) is 10.8. The largest absolute Gasteiger partial charge is 0.358 e. The van der Waals surface area contributed by atoms with Crippen LogP contribution in [-0.4, -0.2) is 20.7 Å². The SMILES string of the molecule is C#CCNc1nc(Nc2ccc(S(N)=O)cc2)ncc1Br. The van der Waals surface area contributed by atoms with Crippen molar-refractivity contribution in [2.24, 2.45) is 5.14 Å². The molecule has 21 heavy (non-hydrogen) atoms. The molecule has 108 valence electrons. The molecule has 6 nitrogen and oxygen atoms in total. The third kappa shape index (κ3) is 4.26. The minimum atomic E-state index is -1.49. The monoisotopic (exact) mass is 365 g/mol. The van der Waals surface area contributed by atoms with Crippen molar-refractivity contribution in [3.63, 3.8) is 0 Å². The molecule has 0 aliphatic carbocycles. The van der Waals surface area contributed by atoms with Gasteiger partial charge < -0.3 is 10.6 Å². The predicted octanol–water partition coefficient (Wildman–Crippen LogP) is 2.01. The predicted molar refractivity (Wildman–Crippen MR) is 87.4 cm³/mol. The third-order valence-electron chi connectivity index (χ3n) is 2.44. The lowest BCUT2D eigenvalue weighted by Gasteiger charge is -2.09. The molecular formula is C13H12BrN5OS. The van der Waals surface area contributed by atoms with Gasteiger partial charge in [-0.2, -0.15) is 4.98 Å². The minimum absolute atomic E-state index is 0.367. The van der Waals surface area contributed by atoms with Crippen LogP contribution >= 0.6 is 15.9 Å². The number of nitrogens with zero attached hydrogens (tertiary/aromatic N) is 2. The maximum atomic E-state index is 11.1. The lowest BCUT2D eigenvalue weighted by Crippen LogP contribution is -2.05. The molecule has 0 spiro atoms. The lowest BCUT2D eigenvalue weighted by atomic mass is 10.3. The Hall–Kier alpha value is -1.95. The molecule has 1 heterocycles. The molecule has 1 aromatic heterocycles. The first-order chi connectivity index (χ1) is 10.1. The van der Waals surface area contributed by atoms with E-state index >= 15 is 0 Å². The second-order valence-corrected chi connectivity index (χ2v) is 5.82. The number of nitrogens with two attached hydrogens (primary N) is 1. The zero-order valence-corrected chi connectivity index (χ0v) is 13.2. The van der Waals surface area contributed by atoms with Gasteiger partial charge in [-0.05, 0) is 40.2 Å². The van der Waals surface area contributed by atoms with E-state index in [-0.39, 0.29) is 0 Å². The topological polar surface area (TPSA) is 92.9 Å². The van der Waals surface area contributed by atoms with Crippen LogP contribution < -0.4 is 15.8 Å². The van der Waals surface area contributed by atoms with Gasteiger partial charge in [-0.3, -0.25) is 0 Å². The standard InChI is InChI=1S/C13H12BrN5OS/c1-2-7-16-12-11(14)8-17-13(19-12)18-9-3-5-10(6-4-9)21(15)20/h1,3-6,8H,7,15H2,(H2,16,17,18,19). The highest BCUT2D eigenvalue weighted by molar-refractivity contribution is 9.10. The van der Waals surface area contributed by atoms with E-state index in [2.05, 4.69) is 42.5 Å². The summed E-state index contributed by atoms with van der Waals surface area (Å²) in [6, 6.07) is 6.85. The first-order valence-corrected chi connectivity index (χ1v) is 7.84. The molecule has 0 saturated carbocycles. The van der Waals surface area contributed by atoms with Crippen LogP contribution in [0.1, 0.15) is 0 Å². The third-order valence-corrected chi connectivity index (χ3v) is 3.76. The summed E-state index contributed by atoms with van der Waals surface area (Å²) in [4.78, 5) is 9.01. The first kappa shape index (κ1) is 15.4. The van der Waals surface area contributed by atoms with E-state index in [0.29, 0.717) is 23.2 Å². The number of rotatable bonds is 5. The van der Waals surface area contributed by atoms with Crippen molar-refractivity contribution in [2.75, 3.05) is 17.2 Å². The summed E-state index contributed by atoms with van der Waals surface area (Å²) in [7, 11) is -1.49. The molecule has 1 unspecified atom stereocenters. The van der Waals surface area contributed by atoms with Crippen LogP contribution in [0.4, 0.5) is 17.5 Å². The Morgan fingerprint density at radius 2 is 2.10 bits per heavy atom. The van der Waals surface area contributed by atoms with Gasteiger partial charge in [0.1, 0.15) is 16.8 Å². The van der Waals surface area contributed by atoms with Crippen molar-refractivity contribution in [1.82, 2.24) is 9.97 Å². The summed E-state index contributed by atoms with van der Waals surface area (Å²) in [6.45, 7) is 0.367. The van der Waals surface area contributed by atoms with Crippen molar-refractivity contribution in [2.45, 2.75) is 4.90 Å². The van der Waals surface area contributed by atoms with Gasteiger partial charge in [-0.1, -0.05) is 5.92 Å².